The first-order valence-electron chi connectivity index (χ1n) is 6.07. The van der Waals surface area contributed by atoms with E-state index in [9.17, 15) is 0 Å². The number of nitrogens with zero attached hydrogens (tertiary/aromatic N) is 2. The van der Waals surface area contributed by atoms with Crippen molar-refractivity contribution in [3.63, 3.8) is 0 Å². The molecule has 0 saturated carbocycles. The molecule has 4 heteroatoms. The lowest BCUT2D eigenvalue weighted by Crippen LogP contribution is -2.36. The SMILES string of the molecule is Cc1ncn(CCNC2CCOCC2)c1C. The maximum absolute atomic E-state index is 5.33. The Balaban J connectivity index is 1.73. The van der Waals surface area contributed by atoms with Crippen molar-refractivity contribution < 1.29 is 4.74 Å². The molecule has 1 aromatic heterocycles. The molecule has 0 aromatic carbocycles. The van der Waals surface area contributed by atoms with Crippen LogP contribution in [-0.4, -0.2) is 35.4 Å². The van der Waals surface area contributed by atoms with Gasteiger partial charge in [0.25, 0.3) is 0 Å². The fourth-order valence-electron chi connectivity index (χ4n) is 2.06. The number of ether oxygens (including phenoxy) is 1. The summed E-state index contributed by atoms with van der Waals surface area (Å²) in [5.74, 6) is 0. The summed E-state index contributed by atoms with van der Waals surface area (Å²) in [5.41, 5.74) is 2.40. The van der Waals surface area contributed by atoms with Crippen molar-refractivity contribution in [1.29, 1.82) is 0 Å². The normalized spacial score (nSPS) is 17.9. The van der Waals surface area contributed by atoms with Crippen molar-refractivity contribution in [1.82, 2.24) is 14.9 Å². The molecule has 0 radical (unpaired) electrons. The summed E-state index contributed by atoms with van der Waals surface area (Å²) in [4.78, 5) is 4.30. The van der Waals surface area contributed by atoms with Crippen LogP contribution in [0.4, 0.5) is 0 Å². The number of aromatic nitrogens is 2. The average Bonchev–Trinajstić information content (AvgIpc) is 2.62. The summed E-state index contributed by atoms with van der Waals surface area (Å²) in [6.07, 6.45) is 4.21. The Morgan fingerprint density at radius 2 is 2.19 bits per heavy atom. The highest BCUT2D eigenvalue weighted by Crippen LogP contribution is 2.06. The summed E-state index contributed by atoms with van der Waals surface area (Å²) in [6, 6.07) is 0.638. The number of imidazole rings is 1. The molecule has 90 valence electrons. The fourth-order valence-corrected chi connectivity index (χ4v) is 2.06. The molecular formula is C12H21N3O. The van der Waals surface area contributed by atoms with E-state index in [2.05, 4.69) is 28.7 Å². The highest BCUT2D eigenvalue weighted by atomic mass is 16.5. The van der Waals surface area contributed by atoms with Gasteiger partial charge in [0.15, 0.2) is 0 Å². The lowest BCUT2D eigenvalue weighted by Gasteiger charge is -2.23. The van der Waals surface area contributed by atoms with Crippen molar-refractivity contribution in [3.8, 4) is 0 Å². The van der Waals surface area contributed by atoms with Crippen molar-refractivity contribution in [3.05, 3.63) is 17.7 Å². The minimum absolute atomic E-state index is 0.638. The molecule has 0 atom stereocenters. The van der Waals surface area contributed by atoms with Gasteiger partial charge in [0.2, 0.25) is 0 Å². The number of nitrogens with one attached hydrogen (secondary N) is 1. The molecule has 2 heterocycles. The second kappa shape index (κ2) is 5.46. The first-order chi connectivity index (χ1) is 7.77. The van der Waals surface area contributed by atoms with E-state index in [1.165, 1.54) is 5.69 Å². The standard InChI is InChI=1S/C12H21N3O/c1-10-11(2)15(9-14-10)6-5-13-12-3-7-16-8-4-12/h9,12-13H,3-8H2,1-2H3. The molecule has 1 saturated heterocycles. The first kappa shape index (κ1) is 11.6. The van der Waals surface area contributed by atoms with Gasteiger partial charge in [0.05, 0.1) is 12.0 Å². The van der Waals surface area contributed by atoms with Crippen LogP contribution in [0.1, 0.15) is 24.2 Å². The smallest absolute Gasteiger partial charge is 0.0951 e. The van der Waals surface area contributed by atoms with Crippen LogP contribution in [0.2, 0.25) is 0 Å². The zero-order chi connectivity index (χ0) is 11.4. The molecular weight excluding hydrogens is 202 g/mol. The van der Waals surface area contributed by atoms with Gasteiger partial charge in [-0.25, -0.2) is 4.98 Å². The molecule has 1 aromatic rings. The quantitative estimate of drug-likeness (QED) is 0.835. The Morgan fingerprint density at radius 3 is 2.81 bits per heavy atom. The lowest BCUT2D eigenvalue weighted by atomic mass is 10.1. The maximum atomic E-state index is 5.33. The van der Waals surface area contributed by atoms with Crippen LogP contribution in [0.3, 0.4) is 0 Å². The summed E-state index contributed by atoms with van der Waals surface area (Å²) in [7, 11) is 0. The monoisotopic (exact) mass is 223 g/mol. The van der Waals surface area contributed by atoms with Gasteiger partial charge >= 0.3 is 0 Å². The van der Waals surface area contributed by atoms with Crippen molar-refractivity contribution in [2.24, 2.45) is 0 Å². The molecule has 1 aliphatic rings. The van der Waals surface area contributed by atoms with Gasteiger partial charge in [-0.05, 0) is 26.7 Å². The summed E-state index contributed by atoms with van der Waals surface area (Å²) < 4.78 is 7.54. The zero-order valence-electron chi connectivity index (χ0n) is 10.2. The fraction of sp³-hybridized carbons (Fsp3) is 0.750. The van der Waals surface area contributed by atoms with E-state index in [4.69, 9.17) is 4.74 Å². The van der Waals surface area contributed by atoms with E-state index in [-0.39, 0.29) is 0 Å². The summed E-state index contributed by atoms with van der Waals surface area (Å²) >= 11 is 0. The van der Waals surface area contributed by atoms with Crippen molar-refractivity contribution in [2.45, 2.75) is 39.3 Å². The largest absolute Gasteiger partial charge is 0.381 e. The lowest BCUT2D eigenvalue weighted by molar-refractivity contribution is 0.0778. The molecule has 0 bridgehead atoms. The summed E-state index contributed by atoms with van der Waals surface area (Å²) in [6.45, 7) is 8.00. The van der Waals surface area contributed by atoms with Crippen LogP contribution < -0.4 is 5.32 Å². The van der Waals surface area contributed by atoms with Crippen molar-refractivity contribution >= 4 is 0 Å². The van der Waals surface area contributed by atoms with Gasteiger partial charge in [0.1, 0.15) is 0 Å². The minimum atomic E-state index is 0.638. The van der Waals surface area contributed by atoms with Crippen molar-refractivity contribution in [2.75, 3.05) is 19.8 Å². The van der Waals surface area contributed by atoms with E-state index in [0.29, 0.717) is 6.04 Å². The second-order valence-electron chi connectivity index (χ2n) is 4.45. The Hall–Kier alpha value is -0.870. The Labute approximate surface area is 97.0 Å². The zero-order valence-corrected chi connectivity index (χ0v) is 10.2. The minimum Gasteiger partial charge on any atom is -0.381 e. The molecule has 2 rings (SSSR count). The highest BCUT2D eigenvalue weighted by Gasteiger charge is 2.12. The van der Waals surface area contributed by atoms with Gasteiger partial charge in [-0.3, -0.25) is 0 Å². The van der Waals surface area contributed by atoms with Gasteiger partial charge in [-0.15, -0.1) is 0 Å². The third-order valence-electron chi connectivity index (χ3n) is 3.35. The summed E-state index contributed by atoms with van der Waals surface area (Å²) in [5, 5.41) is 3.58. The van der Waals surface area contributed by atoms with Crippen LogP contribution >= 0.6 is 0 Å². The van der Waals surface area contributed by atoms with Crippen LogP contribution in [0, 0.1) is 13.8 Å². The predicted octanol–water partition coefficient (Wildman–Crippen LogP) is 1.27. The van der Waals surface area contributed by atoms with Gasteiger partial charge in [0, 0.05) is 38.0 Å². The molecule has 0 amide bonds. The second-order valence-corrected chi connectivity index (χ2v) is 4.45. The molecule has 0 unspecified atom stereocenters. The molecule has 4 nitrogen and oxygen atoms in total. The maximum Gasteiger partial charge on any atom is 0.0951 e. The first-order valence-corrected chi connectivity index (χ1v) is 6.07. The Kier molecular flexibility index (Phi) is 3.96. The Bertz CT molecular complexity index is 329. The number of hydrogen-bond donors (Lipinski definition) is 1. The van der Waals surface area contributed by atoms with Crippen LogP contribution in [0.5, 0.6) is 0 Å². The number of aryl methyl sites for hydroxylation is 1. The predicted molar refractivity (Wildman–Crippen MR) is 63.5 cm³/mol. The highest BCUT2D eigenvalue weighted by molar-refractivity contribution is 5.08. The van der Waals surface area contributed by atoms with Gasteiger partial charge in [-0.1, -0.05) is 0 Å². The van der Waals surface area contributed by atoms with Gasteiger partial charge in [-0.2, -0.15) is 0 Å². The number of hydrogen-bond acceptors (Lipinski definition) is 3. The van der Waals surface area contributed by atoms with Crippen LogP contribution in [0.25, 0.3) is 0 Å². The third-order valence-corrected chi connectivity index (χ3v) is 3.35. The molecule has 1 N–H and O–H groups in total. The van der Waals surface area contributed by atoms with Gasteiger partial charge < -0.3 is 14.6 Å². The number of rotatable bonds is 4. The topological polar surface area (TPSA) is 39.1 Å². The van der Waals surface area contributed by atoms with Crippen LogP contribution in [0.15, 0.2) is 6.33 Å². The van der Waals surface area contributed by atoms with E-state index >= 15 is 0 Å². The third kappa shape index (κ3) is 2.83. The molecule has 0 spiro atoms. The molecule has 0 aliphatic carbocycles. The molecule has 16 heavy (non-hydrogen) atoms. The van der Waals surface area contributed by atoms with E-state index < -0.39 is 0 Å². The van der Waals surface area contributed by atoms with E-state index in [1.54, 1.807) is 0 Å². The average molecular weight is 223 g/mol. The van der Waals surface area contributed by atoms with E-state index in [1.807, 2.05) is 6.33 Å². The van der Waals surface area contributed by atoms with Crippen LogP contribution in [-0.2, 0) is 11.3 Å². The molecule has 1 aliphatic heterocycles. The van der Waals surface area contributed by atoms with E-state index in [0.717, 1.165) is 44.8 Å². The molecule has 1 fully saturated rings. The Morgan fingerprint density at radius 1 is 1.44 bits per heavy atom.